The second-order valence-electron chi connectivity index (χ2n) is 7.23. The summed E-state index contributed by atoms with van der Waals surface area (Å²) in [6.45, 7) is -0.380. The fourth-order valence-corrected chi connectivity index (χ4v) is 3.68. The van der Waals surface area contributed by atoms with Crippen molar-refractivity contribution in [2.24, 2.45) is 0 Å². The normalized spacial score (nSPS) is 14.8. The molecule has 32 heavy (non-hydrogen) atoms. The Morgan fingerprint density at radius 3 is 2.84 bits per heavy atom. The van der Waals surface area contributed by atoms with Gasteiger partial charge in [0.25, 0.3) is 5.91 Å². The molecule has 1 aliphatic rings. The quantitative estimate of drug-likeness (QED) is 0.563. The van der Waals surface area contributed by atoms with Crippen LogP contribution in [-0.2, 0) is 16.9 Å². The largest absolute Gasteiger partial charge is 0.494 e. The van der Waals surface area contributed by atoms with Gasteiger partial charge in [-0.15, -0.1) is 0 Å². The lowest BCUT2D eigenvalue weighted by atomic mass is 9.96. The molecule has 9 nitrogen and oxygen atoms in total. The molecule has 0 radical (unpaired) electrons. The number of methoxy groups -OCH3 is 1. The number of urea groups is 1. The second-order valence-corrected chi connectivity index (χ2v) is 7.23. The van der Waals surface area contributed by atoms with Crippen molar-refractivity contribution in [2.75, 3.05) is 20.7 Å². The molecule has 4 rings (SSSR count). The van der Waals surface area contributed by atoms with Crippen LogP contribution in [0.3, 0.4) is 0 Å². The molecule has 3 aromatic rings. The SMILES string of the molecule is CNC(=O)NC(C=O)(CN1Cc2ccc(OC)c(F)c2C1=O)c1cc2cc(F)cnc2o1. The first-order valence-corrected chi connectivity index (χ1v) is 9.48. The van der Waals surface area contributed by atoms with Gasteiger partial charge in [0.2, 0.25) is 5.71 Å². The number of carbonyl (C=O) groups is 3. The van der Waals surface area contributed by atoms with Crippen LogP contribution in [0.1, 0.15) is 21.7 Å². The number of furan rings is 1. The molecule has 2 aromatic heterocycles. The van der Waals surface area contributed by atoms with Crippen LogP contribution >= 0.6 is 0 Å². The summed E-state index contributed by atoms with van der Waals surface area (Å²) in [6.07, 6.45) is 1.35. The summed E-state index contributed by atoms with van der Waals surface area (Å²) in [5.41, 5.74) is -1.58. The van der Waals surface area contributed by atoms with Crippen LogP contribution in [0.25, 0.3) is 11.1 Å². The number of benzene rings is 1. The highest BCUT2D eigenvalue weighted by Crippen LogP contribution is 2.34. The number of hydrogen-bond donors (Lipinski definition) is 2. The molecule has 0 saturated heterocycles. The molecule has 1 unspecified atom stereocenters. The van der Waals surface area contributed by atoms with Crippen molar-refractivity contribution >= 4 is 29.3 Å². The van der Waals surface area contributed by atoms with E-state index in [4.69, 9.17) is 9.15 Å². The third-order valence-corrected chi connectivity index (χ3v) is 5.26. The van der Waals surface area contributed by atoms with Crippen molar-refractivity contribution in [1.29, 1.82) is 0 Å². The maximum absolute atomic E-state index is 14.7. The van der Waals surface area contributed by atoms with Gasteiger partial charge in [0.15, 0.2) is 23.4 Å². The molecular formula is C21H18F2N4O5. The van der Waals surface area contributed by atoms with Crippen molar-refractivity contribution in [3.05, 3.63) is 59.0 Å². The Kier molecular flexibility index (Phi) is 5.25. The van der Waals surface area contributed by atoms with Crippen molar-refractivity contribution in [1.82, 2.24) is 20.5 Å². The topological polar surface area (TPSA) is 114 Å². The number of carbonyl (C=O) groups excluding carboxylic acids is 3. The third-order valence-electron chi connectivity index (χ3n) is 5.26. The number of rotatable bonds is 6. The first kappa shape index (κ1) is 21.2. The molecule has 0 spiro atoms. The van der Waals surface area contributed by atoms with Crippen LogP contribution in [-0.4, -0.2) is 48.8 Å². The van der Waals surface area contributed by atoms with E-state index in [1.165, 1.54) is 31.2 Å². The highest BCUT2D eigenvalue weighted by Gasteiger charge is 2.43. The van der Waals surface area contributed by atoms with Crippen LogP contribution < -0.4 is 15.4 Å². The van der Waals surface area contributed by atoms with Gasteiger partial charge in [-0.3, -0.25) is 4.79 Å². The van der Waals surface area contributed by atoms with E-state index in [0.29, 0.717) is 11.8 Å². The molecule has 0 bridgehead atoms. The van der Waals surface area contributed by atoms with Crippen LogP contribution in [0, 0.1) is 11.6 Å². The van der Waals surface area contributed by atoms with Crippen molar-refractivity contribution < 1.29 is 32.3 Å². The van der Waals surface area contributed by atoms with Gasteiger partial charge >= 0.3 is 6.03 Å². The summed E-state index contributed by atoms with van der Waals surface area (Å²) < 4.78 is 38.8. The Hall–Kier alpha value is -4.02. The van der Waals surface area contributed by atoms with E-state index in [9.17, 15) is 23.2 Å². The number of amides is 3. The van der Waals surface area contributed by atoms with Crippen LogP contribution in [0.15, 0.2) is 34.9 Å². The van der Waals surface area contributed by atoms with E-state index in [-0.39, 0.29) is 41.3 Å². The predicted octanol–water partition coefficient (Wildman–Crippen LogP) is 2.09. The number of aromatic nitrogens is 1. The minimum Gasteiger partial charge on any atom is -0.494 e. The standard InChI is InChI=1S/C21H18F2N4O5/c1-24-20(30)26-21(10-28,15-6-12-5-13(22)7-25-18(12)32-15)9-27-8-11-3-4-14(31-2)17(23)16(11)19(27)29/h3-7,10H,8-9H2,1-2H3,(H2,24,26,30). The van der Waals surface area contributed by atoms with E-state index in [0.717, 1.165) is 12.3 Å². The molecular weight excluding hydrogens is 426 g/mol. The van der Waals surface area contributed by atoms with E-state index >= 15 is 0 Å². The first-order chi connectivity index (χ1) is 15.3. The second kappa shape index (κ2) is 7.91. The average Bonchev–Trinajstić information content (AvgIpc) is 3.34. The number of aldehydes is 1. The number of fused-ring (bicyclic) bond motifs is 2. The summed E-state index contributed by atoms with van der Waals surface area (Å²) in [4.78, 5) is 42.5. The van der Waals surface area contributed by atoms with Crippen molar-refractivity contribution in [2.45, 2.75) is 12.1 Å². The van der Waals surface area contributed by atoms with E-state index < -0.39 is 29.1 Å². The molecule has 0 aliphatic carbocycles. The van der Waals surface area contributed by atoms with E-state index in [2.05, 4.69) is 15.6 Å². The van der Waals surface area contributed by atoms with Crippen molar-refractivity contribution in [3.63, 3.8) is 0 Å². The molecule has 3 amide bonds. The Bertz CT molecular complexity index is 1240. The molecule has 3 heterocycles. The van der Waals surface area contributed by atoms with E-state index in [1.54, 1.807) is 6.07 Å². The molecule has 2 N–H and O–H groups in total. The summed E-state index contributed by atoms with van der Waals surface area (Å²) in [5.74, 6) is -2.26. The zero-order valence-electron chi connectivity index (χ0n) is 17.1. The Labute approximate surface area is 180 Å². The van der Waals surface area contributed by atoms with E-state index in [1.807, 2.05) is 0 Å². The predicted molar refractivity (Wildman–Crippen MR) is 107 cm³/mol. The van der Waals surface area contributed by atoms with Crippen LogP contribution in [0.2, 0.25) is 0 Å². The number of hydrogen-bond acceptors (Lipinski definition) is 6. The Morgan fingerprint density at radius 2 is 2.16 bits per heavy atom. The summed E-state index contributed by atoms with van der Waals surface area (Å²) >= 11 is 0. The lowest BCUT2D eigenvalue weighted by molar-refractivity contribution is -0.114. The molecule has 0 saturated carbocycles. The highest BCUT2D eigenvalue weighted by molar-refractivity contribution is 5.99. The lowest BCUT2D eigenvalue weighted by Gasteiger charge is -2.31. The zero-order valence-corrected chi connectivity index (χ0v) is 17.1. The zero-order chi connectivity index (χ0) is 23.0. The minimum absolute atomic E-state index is 0.00674. The number of pyridine rings is 1. The fourth-order valence-electron chi connectivity index (χ4n) is 3.68. The smallest absolute Gasteiger partial charge is 0.315 e. The third kappa shape index (κ3) is 3.41. The van der Waals surface area contributed by atoms with Crippen LogP contribution in [0.4, 0.5) is 13.6 Å². The highest BCUT2D eigenvalue weighted by atomic mass is 19.1. The van der Waals surface area contributed by atoms with Crippen LogP contribution in [0.5, 0.6) is 5.75 Å². The van der Waals surface area contributed by atoms with Gasteiger partial charge < -0.3 is 29.5 Å². The average molecular weight is 444 g/mol. The lowest BCUT2D eigenvalue weighted by Crippen LogP contribution is -2.56. The fraction of sp³-hybridized carbons (Fsp3) is 0.238. The van der Waals surface area contributed by atoms with Gasteiger partial charge in [-0.1, -0.05) is 6.07 Å². The molecule has 11 heteroatoms. The number of nitrogens with zero attached hydrogens (tertiary/aromatic N) is 2. The first-order valence-electron chi connectivity index (χ1n) is 9.48. The van der Waals surface area contributed by atoms with Gasteiger partial charge in [0.1, 0.15) is 11.6 Å². The molecule has 0 fully saturated rings. The molecule has 166 valence electrons. The van der Waals surface area contributed by atoms with Crippen molar-refractivity contribution in [3.8, 4) is 5.75 Å². The van der Waals surface area contributed by atoms with Gasteiger partial charge in [-0.25, -0.2) is 18.6 Å². The summed E-state index contributed by atoms with van der Waals surface area (Å²) in [7, 11) is 2.63. The summed E-state index contributed by atoms with van der Waals surface area (Å²) in [5, 5.41) is 5.09. The monoisotopic (exact) mass is 444 g/mol. The molecule has 1 aliphatic heterocycles. The van der Waals surface area contributed by atoms with Gasteiger partial charge in [-0.2, -0.15) is 0 Å². The number of nitrogens with one attached hydrogen (secondary N) is 2. The number of ether oxygens (including phenoxy) is 1. The maximum Gasteiger partial charge on any atom is 0.315 e. The maximum atomic E-state index is 14.7. The Balaban J connectivity index is 1.75. The van der Waals surface area contributed by atoms with Gasteiger partial charge in [0, 0.05) is 19.0 Å². The molecule has 1 atom stereocenters. The summed E-state index contributed by atoms with van der Waals surface area (Å²) in [6, 6.07) is 4.74. The molecule has 1 aromatic carbocycles. The van der Waals surface area contributed by atoms with Gasteiger partial charge in [0.05, 0.1) is 25.4 Å². The number of halogens is 2. The minimum atomic E-state index is -1.85. The van der Waals surface area contributed by atoms with Gasteiger partial charge in [-0.05, 0) is 23.8 Å². The Morgan fingerprint density at radius 1 is 1.38 bits per heavy atom.